The zero-order valence-electron chi connectivity index (χ0n) is 18.6. The number of rotatable bonds is 7. The number of fused-ring (bicyclic) bond motifs is 1. The van der Waals surface area contributed by atoms with Gasteiger partial charge in [0.25, 0.3) is 23.6 Å². The van der Waals surface area contributed by atoms with Crippen LogP contribution in [-0.4, -0.2) is 48.2 Å². The third-order valence-electron chi connectivity index (χ3n) is 5.33. The minimum absolute atomic E-state index is 0.00351. The van der Waals surface area contributed by atoms with Crippen molar-refractivity contribution in [1.29, 1.82) is 0 Å². The van der Waals surface area contributed by atoms with E-state index in [2.05, 4.69) is 5.32 Å². The summed E-state index contributed by atoms with van der Waals surface area (Å²) in [5.74, 6) is -2.95. The molecule has 35 heavy (non-hydrogen) atoms. The molecular weight excluding hydrogens is 452 g/mol. The highest BCUT2D eigenvalue weighted by Crippen LogP contribution is 2.26. The van der Waals surface area contributed by atoms with Crippen molar-refractivity contribution in [2.45, 2.75) is 6.54 Å². The van der Waals surface area contributed by atoms with Gasteiger partial charge in [0.1, 0.15) is 11.3 Å². The average molecular weight is 472 g/mol. The fraction of sp³-hybridized carbons (Fsp3) is 0.115. The first-order valence-corrected chi connectivity index (χ1v) is 10.6. The van der Waals surface area contributed by atoms with Crippen molar-refractivity contribution in [3.05, 3.63) is 101 Å². The van der Waals surface area contributed by atoms with Crippen LogP contribution in [0.15, 0.2) is 72.8 Å². The van der Waals surface area contributed by atoms with Crippen molar-refractivity contribution < 1.29 is 33.4 Å². The van der Waals surface area contributed by atoms with Gasteiger partial charge in [-0.15, -0.1) is 0 Å². The van der Waals surface area contributed by atoms with E-state index in [1.807, 2.05) is 0 Å². The molecule has 3 aromatic carbocycles. The van der Waals surface area contributed by atoms with Crippen LogP contribution in [-0.2, 0) is 16.1 Å². The molecule has 1 N–H and O–H groups in total. The number of imide groups is 2. The standard InChI is InChI=1S/C26H20N2O7/c1-34-21-12-11-16(14-28-24(31)18-9-5-6-10-19(18)25(28)32)13-20(21)26(33)35-15-22(29)27-23(30)17-7-3-2-4-8-17/h2-13H,14-15H2,1H3,(H,27,29,30). The van der Waals surface area contributed by atoms with Crippen molar-refractivity contribution in [3.8, 4) is 5.75 Å². The summed E-state index contributed by atoms with van der Waals surface area (Å²) in [6.45, 7) is -0.758. The molecule has 0 unspecified atom stereocenters. The van der Waals surface area contributed by atoms with E-state index in [4.69, 9.17) is 9.47 Å². The molecule has 1 aliphatic heterocycles. The number of hydrogen-bond donors (Lipinski definition) is 1. The van der Waals surface area contributed by atoms with Crippen LogP contribution in [0.1, 0.15) is 47.0 Å². The lowest BCUT2D eigenvalue weighted by Crippen LogP contribution is -2.34. The molecule has 1 aliphatic rings. The second kappa shape index (κ2) is 10.0. The number of nitrogens with zero attached hydrogens (tertiary/aromatic N) is 1. The lowest BCUT2D eigenvalue weighted by atomic mass is 10.1. The molecule has 0 bridgehead atoms. The summed E-state index contributed by atoms with van der Waals surface area (Å²) in [5.41, 5.74) is 1.41. The van der Waals surface area contributed by atoms with E-state index >= 15 is 0 Å². The average Bonchev–Trinajstić information content (AvgIpc) is 3.12. The number of benzene rings is 3. The second-order valence-electron chi connectivity index (χ2n) is 7.60. The molecule has 0 aliphatic carbocycles. The van der Waals surface area contributed by atoms with Crippen molar-refractivity contribution in [1.82, 2.24) is 10.2 Å². The molecule has 1 heterocycles. The monoisotopic (exact) mass is 472 g/mol. The van der Waals surface area contributed by atoms with Crippen molar-refractivity contribution >= 4 is 29.6 Å². The van der Waals surface area contributed by atoms with Crippen LogP contribution < -0.4 is 10.1 Å². The molecule has 176 valence electrons. The van der Waals surface area contributed by atoms with E-state index < -0.39 is 36.2 Å². The second-order valence-corrected chi connectivity index (χ2v) is 7.60. The van der Waals surface area contributed by atoms with Gasteiger partial charge in [-0.25, -0.2) is 4.79 Å². The zero-order valence-corrected chi connectivity index (χ0v) is 18.6. The fourth-order valence-corrected chi connectivity index (χ4v) is 3.61. The summed E-state index contributed by atoms with van der Waals surface area (Å²) in [4.78, 5) is 63.2. The lowest BCUT2D eigenvalue weighted by molar-refractivity contribution is -0.123. The number of carbonyl (C=O) groups is 5. The number of hydrogen-bond acceptors (Lipinski definition) is 7. The van der Waals surface area contributed by atoms with Gasteiger partial charge in [-0.2, -0.15) is 0 Å². The third-order valence-corrected chi connectivity index (χ3v) is 5.33. The summed E-state index contributed by atoms with van der Waals surface area (Å²) < 4.78 is 10.3. The Balaban J connectivity index is 1.43. The maximum atomic E-state index is 12.7. The highest BCUT2D eigenvalue weighted by atomic mass is 16.5. The lowest BCUT2D eigenvalue weighted by Gasteiger charge is -2.16. The summed E-state index contributed by atoms with van der Waals surface area (Å²) in [7, 11) is 1.36. The van der Waals surface area contributed by atoms with Crippen LogP contribution in [0, 0.1) is 0 Å². The highest BCUT2D eigenvalue weighted by molar-refractivity contribution is 6.21. The number of methoxy groups -OCH3 is 1. The predicted octanol–water partition coefficient (Wildman–Crippen LogP) is 2.60. The van der Waals surface area contributed by atoms with Crippen LogP contribution in [0.5, 0.6) is 5.75 Å². The molecule has 4 rings (SSSR count). The normalized spacial score (nSPS) is 12.2. The Morgan fingerprint density at radius 1 is 0.857 bits per heavy atom. The van der Waals surface area contributed by atoms with E-state index in [0.29, 0.717) is 16.7 Å². The topological polar surface area (TPSA) is 119 Å². The molecule has 0 radical (unpaired) electrons. The van der Waals surface area contributed by atoms with Crippen molar-refractivity contribution in [3.63, 3.8) is 0 Å². The molecule has 0 saturated heterocycles. The quantitative estimate of drug-likeness (QED) is 0.415. The molecule has 3 aromatic rings. The SMILES string of the molecule is COc1ccc(CN2C(=O)c3ccccc3C2=O)cc1C(=O)OCC(=O)NC(=O)c1ccccc1. The Hall–Kier alpha value is -4.79. The summed E-state index contributed by atoms with van der Waals surface area (Å²) >= 11 is 0. The fourth-order valence-electron chi connectivity index (χ4n) is 3.61. The van der Waals surface area contributed by atoms with E-state index in [0.717, 1.165) is 4.90 Å². The van der Waals surface area contributed by atoms with Crippen molar-refractivity contribution in [2.24, 2.45) is 0 Å². The van der Waals surface area contributed by atoms with Gasteiger partial charge in [-0.3, -0.25) is 29.4 Å². The Morgan fingerprint density at radius 3 is 2.11 bits per heavy atom. The minimum Gasteiger partial charge on any atom is -0.496 e. The van der Waals surface area contributed by atoms with Gasteiger partial charge >= 0.3 is 5.97 Å². The maximum Gasteiger partial charge on any atom is 0.342 e. The molecular formula is C26H20N2O7. The van der Waals surface area contributed by atoms with Gasteiger partial charge in [0, 0.05) is 5.56 Å². The van der Waals surface area contributed by atoms with Gasteiger partial charge in [-0.1, -0.05) is 36.4 Å². The van der Waals surface area contributed by atoms with Crippen LogP contribution in [0.2, 0.25) is 0 Å². The number of esters is 1. The Morgan fingerprint density at radius 2 is 1.49 bits per heavy atom. The zero-order chi connectivity index (χ0) is 24.9. The van der Waals surface area contributed by atoms with Crippen LogP contribution in [0.25, 0.3) is 0 Å². The van der Waals surface area contributed by atoms with Gasteiger partial charge in [0.05, 0.1) is 24.8 Å². The smallest absolute Gasteiger partial charge is 0.342 e. The minimum atomic E-state index is -0.867. The predicted molar refractivity (Wildman–Crippen MR) is 123 cm³/mol. The van der Waals surface area contributed by atoms with Crippen LogP contribution in [0.3, 0.4) is 0 Å². The Labute approximate surface area is 200 Å². The Bertz CT molecular complexity index is 1300. The number of nitrogens with one attached hydrogen (secondary N) is 1. The van der Waals surface area contributed by atoms with E-state index in [1.165, 1.54) is 19.2 Å². The van der Waals surface area contributed by atoms with E-state index in [1.54, 1.807) is 60.7 Å². The van der Waals surface area contributed by atoms with Crippen molar-refractivity contribution in [2.75, 3.05) is 13.7 Å². The first kappa shape index (κ1) is 23.4. The van der Waals surface area contributed by atoms with Gasteiger partial charge in [-0.05, 0) is 42.0 Å². The van der Waals surface area contributed by atoms with E-state index in [-0.39, 0.29) is 23.4 Å². The number of amides is 4. The third kappa shape index (κ3) is 4.93. The summed E-state index contributed by atoms with van der Waals surface area (Å²) in [5, 5.41) is 2.14. The summed E-state index contributed by atoms with van der Waals surface area (Å²) in [6.07, 6.45) is 0. The van der Waals surface area contributed by atoms with Crippen LogP contribution >= 0.6 is 0 Å². The molecule has 0 spiro atoms. The molecule has 0 fully saturated rings. The molecule has 0 saturated carbocycles. The van der Waals surface area contributed by atoms with Gasteiger partial charge in [0.15, 0.2) is 6.61 Å². The van der Waals surface area contributed by atoms with Crippen LogP contribution in [0.4, 0.5) is 0 Å². The Kier molecular flexibility index (Phi) is 6.68. The number of ether oxygens (including phenoxy) is 2. The molecule has 9 heteroatoms. The highest BCUT2D eigenvalue weighted by Gasteiger charge is 2.35. The first-order chi connectivity index (χ1) is 16.9. The number of carbonyl (C=O) groups excluding carboxylic acids is 5. The first-order valence-electron chi connectivity index (χ1n) is 10.6. The van der Waals surface area contributed by atoms with Gasteiger partial charge < -0.3 is 9.47 Å². The van der Waals surface area contributed by atoms with Gasteiger partial charge in [0.2, 0.25) is 0 Å². The molecule has 0 atom stereocenters. The molecule has 4 amide bonds. The largest absolute Gasteiger partial charge is 0.496 e. The molecule has 0 aromatic heterocycles. The van der Waals surface area contributed by atoms with E-state index in [9.17, 15) is 24.0 Å². The summed E-state index contributed by atoms with van der Waals surface area (Å²) in [6, 6.07) is 19.2. The molecule has 9 nitrogen and oxygen atoms in total. The maximum absolute atomic E-state index is 12.7.